The van der Waals surface area contributed by atoms with Gasteiger partial charge in [0.05, 0.1) is 13.2 Å². The van der Waals surface area contributed by atoms with Crippen LogP contribution in [-0.4, -0.2) is 44.7 Å². The zero-order valence-electron chi connectivity index (χ0n) is 15.9. The lowest BCUT2D eigenvalue weighted by Crippen LogP contribution is -2.22. The number of ketones is 1. The number of unbranched alkanes of at least 4 members (excludes halogenated alkanes) is 4. The molecule has 0 aromatic rings. The first-order valence-corrected chi connectivity index (χ1v) is 11.5. The van der Waals surface area contributed by atoms with Gasteiger partial charge < -0.3 is 18.5 Å². The second-order valence-corrected chi connectivity index (χ2v) is 8.38. The molecule has 6 nitrogen and oxygen atoms in total. The van der Waals surface area contributed by atoms with Crippen molar-refractivity contribution >= 4 is 13.4 Å². The molecule has 0 aromatic heterocycles. The molecule has 1 aliphatic rings. The van der Waals surface area contributed by atoms with E-state index in [1.54, 1.807) is 13.8 Å². The van der Waals surface area contributed by atoms with Crippen molar-refractivity contribution in [2.24, 2.45) is 0 Å². The van der Waals surface area contributed by atoms with Crippen LogP contribution < -0.4 is 0 Å². The second-order valence-electron chi connectivity index (χ2n) is 6.33. The van der Waals surface area contributed by atoms with Crippen LogP contribution in [0.5, 0.6) is 0 Å². The number of hydrogen-bond donors (Lipinski definition) is 0. The monoisotopic (exact) mass is 378 g/mol. The maximum absolute atomic E-state index is 12.3. The van der Waals surface area contributed by atoms with Gasteiger partial charge >= 0.3 is 7.60 Å². The van der Waals surface area contributed by atoms with E-state index >= 15 is 0 Å². The minimum absolute atomic E-state index is 0.00209. The first-order chi connectivity index (χ1) is 12.1. The first kappa shape index (κ1) is 22.8. The van der Waals surface area contributed by atoms with Crippen LogP contribution in [0, 0.1) is 0 Å². The first-order valence-electron chi connectivity index (χ1n) is 9.72. The second kappa shape index (κ2) is 13.9. The van der Waals surface area contributed by atoms with Crippen LogP contribution in [0.4, 0.5) is 0 Å². The summed E-state index contributed by atoms with van der Waals surface area (Å²) < 4.78 is 33.8. The van der Waals surface area contributed by atoms with Crippen LogP contribution in [0.1, 0.15) is 71.6 Å². The summed E-state index contributed by atoms with van der Waals surface area (Å²) in [5.74, 6) is -0.0389. The molecule has 0 aliphatic carbocycles. The maximum Gasteiger partial charge on any atom is 0.338 e. The van der Waals surface area contributed by atoms with Crippen LogP contribution in [0.3, 0.4) is 0 Å². The van der Waals surface area contributed by atoms with E-state index in [-0.39, 0.29) is 18.2 Å². The summed E-state index contributed by atoms with van der Waals surface area (Å²) in [4.78, 5) is 12.0. The van der Waals surface area contributed by atoms with Crippen molar-refractivity contribution in [3.8, 4) is 0 Å². The largest absolute Gasteiger partial charge is 0.353 e. The van der Waals surface area contributed by atoms with Gasteiger partial charge in [0, 0.05) is 19.6 Å². The van der Waals surface area contributed by atoms with Crippen molar-refractivity contribution in [1.29, 1.82) is 0 Å². The Labute approximate surface area is 152 Å². The van der Waals surface area contributed by atoms with E-state index in [2.05, 4.69) is 0 Å². The van der Waals surface area contributed by atoms with Gasteiger partial charge in [-0.2, -0.15) is 0 Å². The van der Waals surface area contributed by atoms with E-state index in [0.29, 0.717) is 19.6 Å². The van der Waals surface area contributed by atoms with Gasteiger partial charge in [-0.15, -0.1) is 0 Å². The zero-order valence-corrected chi connectivity index (χ0v) is 16.8. The maximum atomic E-state index is 12.3. The van der Waals surface area contributed by atoms with E-state index in [4.69, 9.17) is 18.5 Å². The Morgan fingerprint density at radius 1 is 1.04 bits per heavy atom. The van der Waals surface area contributed by atoms with Crippen LogP contribution in [0.2, 0.25) is 0 Å². The third-order valence-corrected chi connectivity index (χ3v) is 6.11. The fourth-order valence-electron chi connectivity index (χ4n) is 2.83. The number of rotatable bonds is 15. The molecule has 0 N–H and O–H groups in total. The van der Waals surface area contributed by atoms with E-state index < -0.39 is 7.60 Å². The highest BCUT2D eigenvalue weighted by Crippen LogP contribution is 2.48. The minimum Gasteiger partial charge on any atom is -0.353 e. The summed E-state index contributed by atoms with van der Waals surface area (Å²) in [5.41, 5.74) is 0. The van der Waals surface area contributed by atoms with E-state index in [0.717, 1.165) is 58.2 Å². The molecule has 1 heterocycles. The summed E-state index contributed by atoms with van der Waals surface area (Å²) in [6, 6.07) is 0. The van der Waals surface area contributed by atoms with Gasteiger partial charge in [0.1, 0.15) is 11.9 Å². The molecule has 0 bridgehead atoms. The molecule has 1 saturated heterocycles. The quantitative estimate of drug-likeness (QED) is 0.304. The molecule has 0 radical (unpaired) electrons. The number of Topliss-reactive ketones (excluding diaryl/α,β-unsaturated/α-hetero) is 1. The van der Waals surface area contributed by atoms with Gasteiger partial charge in [0.2, 0.25) is 0 Å². The molecular weight excluding hydrogens is 343 g/mol. The average Bonchev–Trinajstić information content (AvgIpc) is 2.58. The van der Waals surface area contributed by atoms with Crippen molar-refractivity contribution in [3.63, 3.8) is 0 Å². The summed E-state index contributed by atoms with van der Waals surface area (Å²) in [6.07, 6.45) is 8.70. The van der Waals surface area contributed by atoms with Gasteiger partial charge in [-0.1, -0.05) is 19.3 Å². The Kier molecular flexibility index (Phi) is 12.6. The lowest BCUT2D eigenvalue weighted by molar-refractivity contribution is -0.162. The molecule has 1 fully saturated rings. The van der Waals surface area contributed by atoms with Crippen molar-refractivity contribution < 1.29 is 27.9 Å². The molecule has 0 aromatic carbocycles. The summed E-state index contributed by atoms with van der Waals surface area (Å²) in [5, 5.41) is 0. The molecule has 25 heavy (non-hydrogen) atoms. The Morgan fingerprint density at radius 3 is 2.36 bits per heavy atom. The molecule has 1 rings (SSSR count). The molecule has 0 spiro atoms. The molecule has 1 unspecified atom stereocenters. The van der Waals surface area contributed by atoms with Crippen LogP contribution in [0.25, 0.3) is 0 Å². The fourth-order valence-corrected chi connectivity index (χ4v) is 4.46. The Morgan fingerprint density at radius 2 is 1.72 bits per heavy atom. The SMILES string of the molecule is CCOP(=O)(CC(=O)CCCCCCCOC1CCCCO1)OCC. The standard InChI is InChI=1S/C18H35O6P/c1-3-23-25(20,24-4-2)16-17(19)12-8-6-5-7-10-14-21-18-13-9-11-15-22-18/h18H,3-16H2,1-2H3. The molecule has 1 atom stereocenters. The van der Waals surface area contributed by atoms with E-state index in [9.17, 15) is 9.36 Å². The van der Waals surface area contributed by atoms with Crippen molar-refractivity contribution in [2.45, 2.75) is 77.9 Å². The van der Waals surface area contributed by atoms with Crippen LogP contribution >= 0.6 is 7.60 Å². The lowest BCUT2D eigenvalue weighted by Gasteiger charge is -2.22. The van der Waals surface area contributed by atoms with Crippen LogP contribution in [-0.2, 0) is 27.9 Å². The molecule has 0 amide bonds. The predicted molar refractivity (Wildman–Crippen MR) is 98.0 cm³/mol. The minimum atomic E-state index is -3.24. The van der Waals surface area contributed by atoms with Gasteiger partial charge in [-0.25, -0.2) is 0 Å². The number of ether oxygens (including phenoxy) is 2. The number of carbonyl (C=O) groups is 1. The Hall–Kier alpha value is -0.260. The zero-order chi connectivity index (χ0) is 18.4. The Balaban J connectivity index is 1.99. The van der Waals surface area contributed by atoms with Crippen molar-refractivity contribution in [2.75, 3.05) is 32.6 Å². The predicted octanol–water partition coefficient (Wildman–Crippen LogP) is 4.71. The van der Waals surface area contributed by atoms with Gasteiger partial charge in [0.25, 0.3) is 0 Å². The number of carbonyl (C=O) groups excluding carboxylic acids is 1. The highest BCUT2D eigenvalue weighted by molar-refractivity contribution is 7.54. The highest BCUT2D eigenvalue weighted by atomic mass is 31.2. The van der Waals surface area contributed by atoms with Gasteiger partial charge in [-0.3, -0.25) is 9.36 Å². The third-order valence-electron chi connectivity index (χ3n) is 4.06. The Bertz CT molecular complexity index is 385. The molecular formula is C18H35O6P. The topological polar surface area (TPSA) is 71.1 Å². The fraction of sp³-hybridized carbons (Fsp3) is 0.944. The molecule has 7 heteroatoms. The van der Waals surface area contributed by atoms with E-state index in [1.807, 2.05) is 0 Å². The van der Waals surface area contributed by atoms with Crippen molar-refractivity contribution in [3.05, 3.63) is 0 Å². The van der Waals surface area contributed by atoms with Crippen molar-refractivity contribution in [1.82, 2.24) is 0 Å². The normalized spacial score (nSPS) is 18.4. The summed E-state index contributed by atoms with van der Waals surface area (Å²) in [7, 11) is -3.24. The van der Waals surface area contributed by atoms with Gasteiger partial charge in [-0.05, 0) is 46.0 Å². The average molecular weight is 378 g/mol. The van der Waals surface area contributed by atoms with E-state index in [1.165, 1.54) is 6.42 Å². The summed E-state index contributed by atoms with van der Waals surface area (Å²) >= 11 is 0. The van der Waals surface area contributed by atoms with Gasteiger partial charge in [0.15, 0.2) is 6.29 Å². The smallest absolute Gasteiger partial charge is 0.338 e. The third kappa shape index (κ3) is 11.1. The molecule has 0 saturated carbocycles. The van der Waals surface area contributed by atoms with Crippen LogP contribution in [0.15, 0.2) is 0 Å². The highest BCUT2D eigenvalue weighted by Gasteiger charge is 2.26. The lowest BCUT2D eigenvalue weighted by atomic mass is 10.1. The summed E-state index contributed by atoms with van der Waals surface area (Å²) in [6.45, 7) is 5.64. The molecule has 148 valence electrons. The number of hydrogen-bond acceptors (Lipinski definition) is 6. The molecule has 1 aliphatic heterocycles.